The van der Waals surface area contributed by atoms with Crippen LogP contribution in [0, 0.1) is 23.7 Å². The Labute approximate surface area is 515 Å². The number of carboxylic acids is 1. The monoisotopic (exact) mass is 1240 g/mol. The number of carbonyl (C=O) groups excluding carboxylic acids is 8. The van der Waals surface area contributed by atoms with Crippen LogP contribution >= 0.6 is 0 Å². The second kappa shape index (κ2) is 38.6. The lowest BCUT2D eigenvalue weighted by Gasteiger charge is -2.29. The highest BCUT2D eigenvalue weighted by atomic mass is 16.6. The summed E-state index contributed by atoms with van der Waals surface area (Å²) in [6.07, 6.45) is 8.33. The zero-order valence-electron chi connectivity index (χ0n) is 54.2. The Bertz CT molecular complexity index is 2150. The van der Waals surface area contributed by atoms with Crippen LogP contribution in [0.15, 0.2) is 0 Å². The van der Waals surface area contributed by atoms with Gasteiger partial charge >= 0.3 is 30.2 Å². The summed E-state index contributed by atoms with van der Waals surface area (Å²) in [6, 6.07) is -2.75. The van der Waals surface area contributed by atoms with Gasteiger partial charge in [0.1, 0.15) is 23.3 Å². The third-order valence-corrected chi connectivity index (χ3v) is 15.8. The van der Waals surface area contributed by atoms with Crippen molar-refractivity contribution in [1.82, 2.24) is 68.7 Å². The second-order valence-corrected chi connectivity index (χ2v) is 24.9. The Hall–Kier alpha value is -5.81. The molecule has 0 radical (unpaired) electrons. The van der Waals surface area contributed by atoms with Crippen LogP contribution in [0.25, 0.3) is 0 Å². The molecule has 0 bridgehead atoms. The van der Waals surface area contributed by atoms with E-state index in [1.54, 1.807) is 55.6 Å². The van der Waals surface area contributed by atoms with E-state index in [0.717, 1.165) is 57.8 Å². The van der Waals surface area contributed by atoms with E-state index in [0.29, 0.717) is 96.6 Å². The van der Waals surface area contributed by atoms with Crippen LogP contribution in [-0.4, -0.2) is 208 Å². The molecule has 5 rings (SSSR count). The highest BCUT2D eigenvalue weighted by Crippen LogP contribution is 2.30. The fourth-order valence-electron chi connectivity index (χ4n) is 11.0. The van der Waals surface area contributed by atoms with Crippen LogP contribution in [0.5, 0.6) is 0 Å². The average Bonchev–Trinajstić information content (AvgIpc) is 2.58. The van der Waals surface area contributed by atoms with E-state index < -0.39 is 41.4 Å². The fraction of sp³-hybridized carbons (Fsp3) is 0.847. The normalized spacial score (nSPS) is 25.1. The smallest absolute Gasteiger partial charge is 0.411 e. The molecule has 5 fully saturated rings. The van der Waals surface area contributed by atoms with Crippen molar-refractivity contribution in [2.45, 2.75) is 219 Å². The van der Waals surface area contributed by atoms with Gasteiger partial charge in [0.2, 0.25) is 23.6 Å². The lowest BCUT2D eigenvalue weighted by Crippen LogP contribution is -2.54. The molecule has 3 saturated heterocycles. The molecular formula is C59H109N13O15. The number of nitrogens with zero attached hydrogens (tertiary/aromatic N) is 2. The molecule has 3 aliphatic heterocycles. The van der Waals surface area contributed by atoms with Crippen LogP contribution in [-0.2, 0) is 47.7 Å². The molecule has 0 unspecified atom stereocenters. The minimum Gasteiger partial charge on any atom is -0.480 e. The van der Waals surface area contributed by atoms with E-state index in [4.69, 9.17) is 28.8 Å². The number of carboxylic acid groups (broad SMARTS) is 1. The predicted molar refractivity (Wildman–Crippen MR) is 326 cm³/mol. The molecule has 8 atom stereocenters. The zero-order chi connectivity index (χ0) is 64.9. The molecule has 28 heteroatoms. The van der Waals surface area contributed by atoms with Crippen molar-refractivity contribution in [3.8, 4) is 0 Å². The molecule has 2 aliphatic carbocycles. The van der Waals surface area contributed by atoms with Gasteiger partial charge in [0, 0.05) is 103 Å². The lowest BCUT2D eigenvalue weighted by atomic mass is 9.81. The molecule has 0 aromatic carbocycles. The van der Waals surface area contributed by atoms with E-state index in [2.05, 4.69) is 58.9 Å². The molecular weight excluding hydrogens is 1130 g/mol. The van der Waals surface area contributed by atoms with Crippen LogP contribution in [0.3, 0.4) is 0 Å². The largest absolute Gasteiger partial charge is 0.480 e. The molecule has 10 amide bonds. The Balaban J connectivity index is 0.000000362. The number of hydrazine groups is 2. The molecule has 0 aromatic heterocycles. The van der Waals surface area contributed by atoms with Crippen LogP contribution < -0.4 is 58.9 Å². The molecule has 12 N–H and O–H groups in total. The van der Waals surface area contributed by atoms with Gasteiger partial charge in [0.25, 0.3) is 0 Å². The van der Waals surface area contributed by atoms with Crippen LogP contribution in [0.1, 0.15) is 160 Å². The van der Waals surface area contributed by atoms with Crippen molar-refractivity contribution >= 4 is 53.8 Å². The first-order valence-corrected chi connectivity index (χ1v) is 31.5. The lowest BCUT2D eigenvalue weighted by molar-refractivity contribution is -0.142. The van der Waals surface area contributed by atoms with Crippen molar-refractivity contribution < 1.29 is 71.9 Å². The number of carbonyl (C=O) groups is 9. The fourth-order valence-corrected chi connectivity index (χ4v) is 11.0. The summed E-state index contributed by atoms with van der Waals surface area (Å²) in [5, 5.41) is 29.5. The molecule has 28 nitrogen and oxygen atoms in total. The van der Waals surface area contributed by atoms with E-state index in [9.17, 15) is 43.2 Å². The summed E-state index contributed by atoms with van der Waals surface area (Å²) in [5.74, 6) is -0.211. The van der Waals surface area contributed by atoms with Gasteiger partial charge in [0.05, 0.1) is 37.4 Å². The molecule has 500 valence electrons. The van der Waals surface area contributed by atoms with Crippen molar-refractivity contribution in [1.29, 1.82) is 0 Å². The molecule has 0 spiro atoms. The molecule has 0 aromatic rings. The van der Waals surface area contributed by atoms with Gasteiger partial charge in [-0.05, 0) is 145 Å². The number of rotatable bonds is 25. The highest BCUT2D eigenvalue weighted by molar-refractivity contribution is 5.87. The van der Waals surface area contributed by atoms with E-state index in [-0.39, 0.29) is 90.5 Å². The maximum absolute atomic E-state index is 13.1. The average molecular weight is 1240 g/mol. The number of amides is 10. The summed E-state index contributed by atoms with van der Waals surface area (Å²) in [5.41, 5.74) is 9.74. The Morgan fingerprint density at radius 3 is 1.30 bits per heavy atom. The maximum Gasteiger partial charge on any atom is 0.411 e. The SMILES string of the molecule is CCO[C@@H]1C[C@@H](C(=O)N[C@@H](CC)CNNC(=O)NCC2CCC(C(=O)NC)CC2)N(C(=O)OC(C)(C)C)C1.CCO[C@@H]1C[C@H](C(=O)O)N(C(=O)OC(C)(C)C)C1.CCO[C@H]1CN[C@H](C(=O)N[C@@H](CC)CNNC(=O)NCC2CCC(C(=O)NC)CC2)C1. The topological polar surface area (TPSA) is 359 Å². The van der Waals surface area contributed by atoms with E-state index in [1.807, 2.05) is 34.6 Å². The summed E-state index contributed by atoms with van der Waals surface area (Å²) in [7, 11) is 3.33. The number of aliphatic carboxylic acids is 1. The van der Waals surface area contributed by atoms with Gasteiger partial charge in [0.15, 0.2) is 0 Å². The summed E-state index contributed by atoms with van der Waals surface area (Å²) >= 11 is 0. The predicted octanol–water partition coefficient (Wildman–Crippen LogP) is 3.14. The van der Waals surface area contributed by atoms with Gasteiger partial charge in [-0.15, -0.1) is 0 Å². The van der Waals surface area contributed by atoms with Crippen molar-refractivity contribution in [2.24, 2.45) is 23.7 Å². The van der Waals surface area contributed by atoms with Crippen molar-refractivity contribution in [3.05, 3.63) is 0 Å². The van der Waals surface area contributed by atoms with E-state index >= 15 is 0 Å². The zero-order valence-corrected chi connectivity index (χ0v) is 54.2. The summed E-state index contributed by atoms with van der Waals surface area (Å²) < 4.78 is 27.3. The Morgan fingerprint density at radius 1 is 0.529 bits per heavy atom. The first-order valence-electron chi connectivity index (χ1n) is 31.5. The maximum atomic E-state index is 13.1. The molecule has 87 heavy (non-hydrogen) atoms. The quantitative estimate of drug-likeness (QED) is 0.0584. The van der Waals surface area contributed by atoms with E-state index in [1.165, 1.54) is 9.80 Å². The summed E-state index contributed by atoms with van der Waals surface area (Å²) in [4.78, 5) is 112. The number of urea groups is 2. The van der Waals surface area contributed by atoms with Crippen LogP contribution in [0.4, 0.5) is 19.2 Å². The van der Waals surface area contributed by atoms with Crippen LogP contribution in [0.2, 0.25) is 0 Å². The number of likely N-dealkylation sites (tertiary alicyclic amines) is 2. The van der Waals surface area contributed by atoms with Crippen molar-refractivity contribution in [2.75, 3.05) is 79.7 Å². The highest BCUT2D eigenvalue weighted by Gasteiger charge is 2.44. The van der Waals surface area contributed by atoms with Crippen molar-refractivity contribution in [3.63, 3.8) is 0 Å². The standard InChI is InChI=1S/C26H48N6O6.C21H40N6O4.C12H21NO5/c1-7-19(15-29-31-24(35)28-14-17-9-11-18(12-10-17)22(33)27-6)30-23(34)21-13-20(37-8-2)16-32(21)25(36)38-26(3,4)5;1-4-16(26-20(29)18-10-17(13-23-18)31-5-2)12-25-27-21(30)24-11-14-6-8-15(9-7-14)19(28)22-3;1-5-17-8-6-9(10(14)15)13(7-8)11(16)18-12(2,3)4/h17-21,29H,7-16H2,1-6H3,(H,27,33)(H,30,34)(H2,28,31,35);14-18,23,25H,4-13H2,1-3H3,(H,22,28)(H,26,29)(H2,24,27,30);8-9H,5-7H2,1-4H3,(H,14,15)/t17?,18?,19-,20+,21-;14?,15?,16-,17+,18-;8-,9-/m001/s1. The number of nitrogens with one attached hydrogen (secondary N) is 11. The number of ether oxygens (including phenoxy) is 5. The third-order valence-electron chi connectivity index (χ3n) is 15.8. The number of hydrogen-bond donors (Lipinski definition) is 12. The Kier molecular flexibility index (Phi) is 33.4. The van der Waals surface area contributed by atoms with Gasteiger partial charge in [-0.3, -0.25) is 39.8 Å². The number of hydrogen-bond acceptors (Lipinski definition) is 17. The van der Waals surface area contributed by atoms with Gasteiger partial charge < -0.3 is 66.0 Å². The Morgan fingerprint density at radius 2 is 0.920 bits per heavy atom. The van der Waals surface area contributed by atoms with Gasteiger partial charge in [-0.25, -0.2) is 34.8 Å². The molecule has 3 heterocycles. The molecule has 5 aliphatic rings. The summed E-state index contributed by atoms with van der Waals surface area (Å²) in [6.45, 7) is 25.0. The first kappa shape index (κ1) is 75.4. The minimum atomic E-state index is -1.02. The molecule has 2 saturated carbocycles. The minimum absolute atomic E-state index is 0.0346. The first-order chi connectivity index (χ1) is 41.2. The third kappa shape index (κ3) is 28.1. The second-order valence-electron chi connectivity index (χ2n) is 24.9. The van der Waals surface area contributed by atoms with Gasteiger partial charge in [-0.1, -0.05) is 13.8 Å². The van der Waals surface area contributed by atoms with Gasteiger partial charge in [-0.2, -0.15) is 0 Å².